The van der Waals surface area contributed by atoms with E-state index in [4.69, 9.17) is 0 Å². The molecular weight excluding hydrogens is 250 g/mol. The molecule has 4 heteroatoms. The van der Waals surface area contributed by atoms with E-state index in [1.165, 1.54) is 12.8 Å². The number of nitrogens with zero attached hydrogens (tertiary/aromatic N) is 2. The van der Waals surface area contributed by atoms with Gasteiger partial charge in [0.05, 0.1) is 11.7 Å². The van der Waals surface area contributed by atoms with E-state index in [2.05, 4.69) is 42.9 Å². The van der Waals surface area contributed by atoms with Crippen LogP contribution in [0.4, 0.5) is 0 Å². The van der Waals surface area contributed by atoms with Crippen LogP contribution in [0.3, 0.4) is 0 Å². The highest BCUT2D eigenvalue weighted by Gasteiger charge is 2.60. The second-order valence-electron chi connectivity index (χ2n) is 7.96. The maximum atomic E-state index is 12.7. The molecule has 1 aliphatic carbocycles. The van der Waals surface area contributed by atoms with Crippen LogP contribution >= 0.6 is 0 Å². The Morgan fingerprint density at radius 2 is 1.85 bits per heavy atom. The standard InChI is InChI=1S/C16H29N3O/c1-12(2)13-17-16(5-6-16)14(20)19(13)11-15(3)7-9-18(4)10-8-15/h12-13,17H,5-11H2,1-4H3. The van der Waals surface area contributed by atoms with Crippen LogP contribution in [0.2, 0.25) is 0 Å². The second kappa shape index (κ2) is 4.70. The first-order valence-electron chi connectivity index (χ1n) is 8.13. The van der Waals surface area contributed by atoms with Gasteiger partial charge in [-0.3, -0.25) is 10.1 Å². The van der Waals surface area contributed by atoms with E-state index in [1.807, 2.05) is 0 Å². The van der Waals surface area contributed by atoms with Gasteiger partial charge in [0.1, 0.15) is 0 Å². The molecule has 0 aromatic carbocycles. The van der Waals surface area contributed by atoms with E-state index in [1.54, 1.807) is 0 Å². The van der Waals surface area contributed by atoms with E-state index < -0.39 is 0 Å². The predicted molar refractivity (Wildman–Crippen MR) is 80.3 cm³/mol. The summed E-state index contributed by atoms with van der Waals surface area (Å²) in [6, 6.07) is 0. The van der Waals surface area contributed by atoms with Crippen molar-refractivity contribution in [2.75, 3.05) is 26.7 Å². The fourth-order valence-electron chi connectivity index (χ4n) is 3.73. The van der Waals surface area contributed by atoms with Crippen molar-refractivity contribution in [2.45, 2.75) is 58.2 Å². The summed E-state index contributed by atoms with van der Waals surface area (Å²) in [4.78, 5) is 17.3. The lowest BCUT2D eigenvalue weighted by atomic mass is 9.79. The van der Waals surface area contributed by atoms with E-state index in [0.29, 0.717) is 11.8 Å². The van der Waals surface area contributed by atoms with Crippen LogP contribution in [0.15, 0.2) is 0 Å². The highest BCUT2D eigenvalue weighted by Crippen LogP contribution is 2.45. The van der Waals surface area contributed by atoms with Gasteiger partial charge in [-0.2, -0.15) is 0 Å². The molecule has 3 rings (SSSR count). The molecule has 2 saturated heterocycles. The Balaban J connectivity index is 1.73. The minimum absolute atomic E-state index is 0.170. The van der Waals surface area contributed by atoms with Crippen LogP contribution in [0, 0.1) is 11.3 Å². The topological polar surface area (TPSA) is 35.6 Å². The molecular formula is C16H29N3O. The third-order valence-electron chi connectivity index (χ3n) is 5.56. The van der Waals surface area contributed by atoms with Crippen molar-refractivity contribution in [3.63, 3.8) is 0 Å². The Kier molecular flexibility index (Phi) is 3.37. The van der Waals surface area contributed by atoms with Gasteiger partial charge in [0.15, 0.2) is 0 Å². The smallest absolute Gasteiger partial charge is 0.244 e. The number of carbonyl (C=O) groups is 1. The van der Waals surface area contributed by atoms with Crippen LogP contribution in [-0.2, 0) is 4.79 Å². The molecule has 1 spiro atoms. The minimum Gasteiger partial charge on any atom is -0.325 e. The number of hydrogen-bond donors (Lipinski definition) is 1. The summed E-state index contributed by atoms with van der Waals surface area (Å²) in [7, 11) is 2.19. The third-order valence-corrected chi connectivity index (χ3v) is 5.56. The Morgan fingerprint density at radius 1 is 1.25 bits per heavy atom. The van der Waals surface area contributed by atoms with Crippen molar-refractivity contribution in [1.82, 2.24) is 15.1 Å². The molecule has 1 saturated carbocycles. The number of amides is 1. The van der Waals surface area contributed by atoms with Crippen molar-refractivity contribution in [3.8, 4) is 0 Å². The number of nitrogens with one attached hydrogen (secondary N) is 1. The number of rotatable bonds is 3. The van der Waals surface area contributed by atoms with Gasteiger partial charge in [-0.25, -0.2) is 0 Å². The first-order valence-corrected chi connectivity index (χ1v) is 8.13. The maximum Gasteiger partial charge on any atom is 0.244 e. The number of hydrogen-bond acceptors (Lipinski definition) is 3. The van der Waals surface area contributed by atoms with E-state index in [-0.39, 0.29) is 17.1 Å². The van der Waals surface area contributed by atoms with Crippen LogP contribution < -0.4 is 5.32 Å². The van der Waals surface area contributed by atoms with Crippen molar-refractivity contribution < 1.29 is 4.79 Å². The number of piperidine rings is 1. The Labute approximate surface area is 122 Å². The van der Waals surface area contributed by atoms with E-state index >= 15 is 0 Å². The van der Waals surface area contributed by atoms with Gasteiger partial charge in [0.25, 0.3) is 0 Å². The number of carbonyl (C=O) groups excluding carboxylic acids is 1. The summed E-state index contributed by atoms with van der Waals surface area (Å²) in [5, 5.41) is 3.62. The average Bonchev–Trinajstić information content (AvgIpc) is 3.12. The molecule has 0 bridgehead atoms. The zero-order valence-corrected chi connectivity index (χ0v) is 13.4. The van der Waals surface area contributed by atoms with E-state index in [9.17, 15) is 4.79 Å². The van der Waals surface area contributed by atoms with Crippen molar-refractivity contribution in [2.24, 2.45) is 11.3 Å². The van der Waals surface area contributed by atoms with Gasteiger partial charge in [0.2, 0.25) is 5.91 Å². The van der Waals surface area contributed by atoms with Gasteiger partial charge in [-0.15, -0.1) is 0 Å². The zero-order valence-electron chi connectivity index (χ0n) is 13.4. The summed E-state index contributed by atoms with van der Waals surface area (Å²) in [5.41, 5.74) is 0.119. The fraction of sp³-hybridized carbons (Fsp3) is 0.938. The summed E-state index contributed by atoms with van der Waals surface area (Å²) in [6.07, 6.45) is 4.70. The molecule has 3 fully saturated rings. The molecule has 1 atom stereocenters. The number of likely N-dealkylation sites (tertiary alicyclic amines) is 1. The second-order valence-corrected chi connectivity index (χ2v) is 7.96. The zero-order chi connectivity index (χ0) is 14.5. The van der Waals surface area contributed by atoms with Crippen molar-refractivity contribution in [3.05, 3.63) is 0 Å². The molecule has 1 unspecified atom stereocenters. The van der Waals surface area contributed by atoms with Gasteiger partial charge >= 0.3 is 0 Å². The first kappa shape index (κ1) is 14.3. The van der Waals surface area contributed by atoms with Crippen LogP contribution in [0.1, 0.15) is 46.5 Å². The molecule has 20 heavy (non-hydrogen) atoms. The molecule has 0 radical (unpaired) electrons. The summed E-state index contributed by atoms with van der Waals surface area (Å²) < 4.78 is 0. The largest absolute Gasteiger partial charge is 0.325 e. The summed E-state index contributed by atoms with van der Waals surface area (Å²) >= 11 is 0. The van der Waals surface area contributed by atoms with Gasteiger partial charge in [-0.05, 0) is 57.2 Å². The van der Waals surface area contributed by atoms with Crippen molar-refractivity contribution in [1.29, 1.82) is 0 Å². The Bertz CT molecular complexity index is 395. The highest BCUT2D eigenvalue weighted by atomic mass is 16.2. The quantitative estimate of drug-likeness (QED) is 0.853. The lowest BCUT2D eigenvalue weighted by Crippen LogP contribution is -2.49. The van der Waals surface area contributed by atoms with Crippen molar-refractivity contribution >= 4 is 5.91 Å². The SMILES string of the molecule is CC(C)C1NC2(CC2)C(=O)N1CC1(C)CCN(C)CC1. The molecule has 4 nitrogen and oxygen atoms in total. The maximum absolute atomic E-state index is 12.7. The molecule has 3 aliphatic rings. The first-order chi connectivity index (χ1) is 9.35. The van der Waals surface area contributed by atoms with Crippen LogP contribution in [0.5, 0.6) is 0 Å². The predicted octanol–water partition coefficient (Wildman–Crippen LogP) is 1.66. The van der Waals surface area contributed by atoms with Gasteiger partial charge in [0, 0.05) is 6.54 Å². The molecule has 114 valence electrons. The van der Waals surface area contributed by atoms with Crippen LogP contribution in [0.25, 0.3) is 0 Å². The normalized spacial score (nSPS) is 32.4. The third kappa shape index (κ3) is 2.37. The lowest BCUT2D eigenvalue weighted by Gasteiger charge is -2.42. The summed E-state index contributed by atoms with van der Waals surface area (Å²) in [5.74, 6) is 0.852. The molecule has 2 aliphatic heterocycles. The molecule has 0 aromatic heterocycles. The molecule has 0 aromatic rings. The monoisotopic (exact) mass is 279 g/mol. The Hall–Kier alpha value is -0.610. The summed E-state index contributed by atoms with van der Waals surface area (Å²) in [6.45, 7) is 10.0. The lowest BCUT2D eigenvalue weighted by molar-refractivity contribution is -0.133. The minimum atomic E-state index is -0.170. The molecule has 1 N–H and O–H groups in total. The molecule has 1 amide bonds. The fourth-order valence-corrected chi connectivity index (χ4v) is 3.73. The van der Waals surface area contributed by atoms with Gasteiger partial charge < -0.3 is 9.80 Å². The van der Waals surface area contributed by atoms with Crippen LogP contribution in [-0.4, -0.2) is 54.1 Å². The van der Waals surface area contributed by atoms with Gasteiger partial charge in [-0.1, -0.05) is 20.8 Å². The molecule has 2 heterocycles. The highest BCUT2D eigenvalue weighted by molar-refractivity contribution is 5.91. The Morgan fingerprint density at radius 3 is 2.35 bits per heavy atom. The van der Waals surface area contributed by atoms with E-state index in [0.717, 1.165) is 32.5 Å². The average molecular weight is 279 g/mol.